The van der Waals surface area contributed by atoms with Crippen molar-refractivity contribution in [1.29, 1.82) is 0 Å². The maximum Gasteiger partial charge on any atom is 0.211 e. The van der Waals surface area contributed by atoms with Gasteiger partial charge < -0.3 is 15.4 Å². The number of aryl methyl sites for hydroxylation is 2. The molecule has 1 saturated heterocycles. The number of aldehydes is 1. The van der Waals surface area contributed by atoms with E-state index in [1.165, 1.54) is 11.8 Å². The number of rotatable bonds is 6. The Morgan fingerprint density at radius 1 is 1.05 bits per heavy atom. The van der Waals surface area contributed by atoms with Crippen LogP contribution in [0, 0.1) is 13.8 Å². The lowest BCUT2D eigenvalue weighted by atomic mass is 9.90. The highest BCUT2D eigenvalue weighted by Crippen LogP contribution is 2.35. The molecule has 1 unspecified atom stereocenters. The molecule has 1 fully saturated rings. The second kappa shape index (κ2) is 10.1. The molecule has 4 heterocycles. The minimum atomic E-state index is -3.14. The Kier molecular flexibility index (Phi) is 6.83. The molecule has 2 aromatic heterocycles. The number of carbonyl (C=O) groups is 1. The number of hydrogen-bond donors (Lipinski definition) is 2. The summed E-state index contributed by atoms with van der Waals surface area (Å²) in [5.74, 6) is 0.947. The molecule has 5 rings (SSSR count). The minimum Gasteiger partial charge on any atom is -0.378 e. The molecule has 3 aromatic rings. The Balaban J connectivity index is 1.43. The zero-order valence-electron chi connectivity index (χ0n) is 21.2. The molecule has 192 valence electrons. The highest BCUT2D eigenvalue weighted by Gasteiger charge is 2.26. The number of piperidine rings is 1. The van der Waals surface area contributed by atoms with E-state index in [0.717, 1.165) is 58.6 Å². The molecular weight excluding hydrogens is 486 g/mol. The van der Waals surface area contributed by atoms with Crippen molar-refractivity contribution in [1.82, 2.24) is 19.6 Å². The molecule has 0 radical (unpaired) electrons. The summed E-state index contributed by atoms with van der Waals surface area (Å²) >= 11 is 0. The van der Waals surface area contributed by atoms with Crippen molar-refractivity contribution in [2.45, 2.75) is 38.6 Å². The lowest BCUT2D eigenvalue weighted by Gasteiger charge is -2.30. The molecule has 37 heavy (non-hydrogen) atoms. The first-order valence-corrected chi connectivity index (χ1v) is 14.3. The molecule has 0 spiro atoms. The largest absolute Gasteiger partial charge is 0.378 e. The highest BCUT2D eigenvalue weighted by molar-refractivity contribution is 7.88. The van der Waals surface area contributed by atoms with Gasteiger partial charge in [0.2, 0.25) is 10.0 Å². The van der Waals surface area contributed by atoms with E-state index >= 15 is 0 Å². The summed E-state index contributed by atoms with van der Waals surface area (Å²) in [5, 5.41) is 6.55. The molecule has 2 N–H and O–H groups in total. The fourth-order valence-electron chi connectivity index (χ4n) is 5.16. The monoisotopic (exact) mass is 517 g/mol. The van der Waals surface area contributed by atoms with Gasteiger partial charge in [-0.2, -0.15) is 0 Å². The molecular formula is C28H31N5O3S. The third kappa shape index (κ3) is 5.28. The quantitative estimate of drug-likeness (QED) is 0.465. The molecule has 2 aliphatic rings. The fraction of sp³-hybridized carbons (Fsp3) is 0.321. The first-order valence-electron chi connectivity index (χ1n) is 12.4. The van der Waals surface area contributed by atoms with Crippen LogP contribution in [0.3, 0.4) is 0 Å². The van der Waals surface area contributed by atoms with Crippen LogP contribution in [0.1, 0.15) is 52.9 Å². The van der Waals surface area contributed by atoms with Gasteiger partial charge >= 0.3 is 0 Å². The predicted molar refractivity (Wildman–Crippen MR) is 146 cm³/mol. The maximum atomic E-state index is 11.9. The summed E-state index contributed by atoms with van der Waals surface area (Å²) in [5.41, 5.74) is 7.37. The molecule has 1 atom stereocenters. The Morgan fingerprint density at radius 3 is 2.43 bits per heavy atom. The number of anilines is 2. The average molecular weight is 518 g/mol. The van der Waals surface area contributed by atoms with Gasteiger partial charge in [-0.1, -0.05) is 12.1 Å². The number of benzene rings is 1. The number of sulfonamides is 1. The van der Waals surface area contributed by atoms with Gasteiger partial charge in [0.05, 0.1) is 11.9 Å². The van der Waals surface area contributed by atoms with E-state index in [9.17, 15) is 13.2 Å². The molecule has 9 heteroatoms. The zero-order valence-corrected chi connectivity index (χ0v) is 22.0. The van der Waals surface area contributed by atoms with E-state index in [4.69, 9.17) is 4.98 Å². The summed E-state index contributed by atoms with van der Waals surface area (Å²) < 4.78 is 25.2. The van der Waals surface area contributed by atoms with Gasteiger partial charge in [-0.05, 0) is 86.3 Å². The van der Waals surface area contributed by atoms with Crippen molar-refractivity contribution in [3.8, 4) is 11.3 Å². The summed E-state index contributed by atoms with van der Waals surface area (Å²) in [4.78, 5) is 21.4. The number of hydrogen-bond acceptors (Lipinski definition) is 7. The Morgan fingerprint density at radius 2 is 1.78 bits per heavy atom. The standard InChI is InChI=1S/C28H31N5O3S/c1-18-4-9-24(19(2)30-18)25-16-22-10-13-29-26(17-34)27(22)28(32-25)31-23-7-5-20(6-8-23)21-11-14-33(15-12-21)37(3,35)36/h4-10,13,16-17,21,26,29H,11-12,14-15H2,1-3H3,(H,31,32). The molecule has 0 amide bonds. The summed E-state index contributed by atoms with van der Waals surface area (Å²) in [6.45, 7) is 5.04. The third-order valence-corrected chi connectivity index (χ3v) is 8.45. The number of nitrogens with one attached hydrogen (secondary N) is 2. The Labute approximate surface area is 217 Å². The van der Waals surface area contributed by atoms with Gasteiger partial charge in [0.25, 0.3) is 0 Å². The van der Waals surface area contributed by atoms with Crippen LogP contribution in [0.25, 0.3) is 17.3 Å². The lowest BCUT2D eigenvalue weighted by Crippen LogP contribution is -2.37. The summed E-state index contributed by atoms with van der Waals surface area (Å²) in [6.07, 6.45) is 7.51. The van der Waals surface area contributed by atoms with Crippen LogP contribution in [0.5, 0.6) is 0 Å². The van der Waals surface area contributed by atoms with Crippen molar-refractivity contribution >= 4 is 33.9 Å². The number of fused-ring (bicyclic) bond motifs is 1. The van der Waals surface area contributed by atoms with E-state index in [0.29, 0.717) is 24.8 Å². The lowest BCUT2D eigenvalue weighted by molar-refractivity contribution is -0.109. The number of carbonyl (C=O) groups excluding carboxylic acids is 1. The van der Waals surface area contributed by atoms with Crippen molar-refractivity contribution in [3.05, 3.63) is 76.7 Å². The van der Waals surface area contributed by atoms with Gasteiger partial charge in [0, 0.05) is 41.3 Å². The van der Waals surface area contributed by atoms with Gasteiger partial charge in [0.15, 0.2) is 0 Å². The molecule has 0 saturated carbocycles. The van der Waals surface area contributed by atoms with Crippen LogP contribution in [0.15, 0.2) is 48.7 Å². The topological polar surface area (TPSA) is 104 Å². The summed E-state index contributed by atoms with van der Waals surface area (Å²) in [6, 6.07) is 13.7. The van der Waals surface area contributed by atoms with Crippen LogP contribution in [0.2, 0.25) is 0 Å². The second-order valence-electron chi connectivity index (χ2n) is 9.74. The normalized spacial score (nSPS) is 18.2. The molecule has 0 aliphatic carbocycles. The second-order valence-corrected chi connectivity index (χ2v) is 11.7. The Bertz CT molecular complexity index is 1460. The molecule has 1 aromatic carbocycles. The highest BCUT2D eigenvalue weighted by atomic mass is 32.2. The third-order valence-electron chi connectivity index (χ3n) is 7.15. The van der Waals surface area contributed by atoms with Crippen molar-refractivity contribution in [2.24, 2.45) is 0 Å². The van der Waals surface area contributed by atoms with Gasteiger partial charge in [-0.15, -0.1) is 0 Å². The first kappa shape index (κ1) is 25.1. The van der Waals surface area contributed by atoms with E-state index in [1.807, 2.05) is 50.3 Å². The molecule has 8 nitrogen and oxygen atoms in total. The average Bonchev–Trinajstić information content (AvgIpc) is 2.88. The van der Waals surface area contributed by atoms with E-state index in [1.54, 1.807) is 10.5 Å². The van der Waals surface area contributed by atoms with Crippen LogP contribution in [-0.2, 0) is 14.8 Å². The number of pyridine rings is 2. The predicted octanol–water partition coefficient (Wildman–Crippen LogP) is 4.46. The van der Waals surface area contributed by atoms with Crippen LogP contribution >= 0.6 is 0 Å². The van der Waals surface area contributed by atoms with Crippen molar-refractivity contribution in [2.75, 3.05) is 24.7 Å². The van der Waals surface area contributed by atoms with Crippen LogP contribution in [-0.4, -0.2) is 48.3 Å². The molecule has 2 aliphatic heterocycles. The zero-order chi connectivity index (χ0) is 26.2. The number of aromatic nitrogens is 2. The minimum absolute atomic E-state index is 0.326. The van der Waals surface area contributed by atoms with Crippen LogP contribution < -0.4 is 10.6 Å². The summed E-state index contributed by atoms with van der Waals surface area (Å²) in [7, 11) is -3.14. The smallest absolute Gasteiger partial charge is 0.211 e. The van der Waals surface area contributed by atoms with Crippen molar-refractivity contribution in [3.63, 3.8) is 0 Å². The molecule has 0 bridgehead atoms. The van der Waals surface area contributed by atoms with Gasteiger partial charge in [-0.3, -0.25) is 4.98 Å². The van der Waals surface area contributed by atoms with E-state index in [-0.39, 0.29) is 0 Å². The van der Waals surface area contributed by atoms with E-state index in [2.05, 4.69) is 27.8 Å². The SMILES string of the molecule is Cc1ccc(-c2cc3c(c(Nc4ccc(C5CCN(S(C)(=O)=O)CC5)cc4)n2)C(C=O)NC=C3)c(C)n1. The van der Waals surface area contributed by atoms with Crippen LogP contribution in [0.4, 0.5) is 11.5 Å². The fourth-order valence-corrected chi connectivity index (χ4v) is 6.03. The number of nitrogens with zero attached hydrogens (tertiary/aromatic N) is 3. The Hall–Kier alpha value is -3.56. The van der Waals surface area contributed by atoms with Gasteiger partial charge in [-0.25, -0.2) is 17.7 Å². The first-order chi connectivity index (χ1) is 17.7. The van der Waals surface area contributed by atoms with E-state index < -0.39 is 16.1 Å². The maximum absolute atomic E-state index is 11.9. The van der Waals surface area contributed by atoms with Crippen molar-refractivity contribution < 1.29 is 13.2 Å². The van der Waals surface area contributed by atoms with Gasteiger partial charge in [0.1, 0.15) is 18.1 Å².